The maximum absolute atomic E-state index is 12.9. The quantitative estimate of drug-likeness (QED) is 0.829. The van der Waals surface area contributed by atoms with E-state index in [1.807, 2.05) is 24.3 Å². The summed E-state index contributed by atoms with van der Waals surface area (Å²) < 4.78 is 10.6. The normalized spacial score (nSPS) is 19.3. The highest BCUT2D eigenvalue weighted by atomic mass is 16.5. The summed E-state index contributed by atoms with van der Waals surface area (Å²) in [6.07, 6.45) is 4.04. The third-order valence-corrected chi connectivity index (χ3v) is 5.42. The van der Waals surface area contributed by atoms with Gasteiger partial charge in [0.1, 0.15) is 5.75 Å². The molecule has 148 valence electrons. The van der Waals surface area contributed by atoms with Crippen LogP contribution in [-0.4, -0.2) is 48.6 Å². The molecule has 2 aliphatic rings. The van der Waals surface area contributed by atoms with Crippen LogP contribution in [0.5, 0.6) is 5.75 Å². The number of ether oxygens (including phenoxy) is 1. The lowest BCUT2D eigenvalue weighted by Crippen LogP contribution is -2.45. The fourth-order valence-corrected chi connectivity index (χ4v) is 3.54. The molecule has 2 aromatic rings. The number of aromatic nitrogens is 1. The minimum atomic E-state index is -0.197. The van der Waals surface area contributed by atoms with Gasteiger partial charge in [-0.1, -0.05) is 17.3 Å². The van der Waals surface area contributed by atoms with Gasteiger partial charge in [0.15, 0.2) is 11.5 Å². The lowest BCUT2D eigenvalue weighted by Gasteiger charge is -2.31. The Morgan fingerprint density at radius 3 is 2.93 bits per heavy atom. The van der Waals surface area contributed by atoms with E-state index in [9.17, 15) is 9.59 Å². The third kappa shape index (κ3) is 4.18. The summed E-state index contributed by atoms with van der Waals surface area (Å²) in [4.78, 5) is 27.0. The van der Waals surface area contributed by atoms with Gasteiger partial charge >= 0.3 is 0 Å². The van der Waals surface area contributed by atoms with E-state index in [0.29, 0.717) is 30.5 Å². The average Bonchev–Trinajstić information content (AvgIpc) is 3.45. The smallest absolute Gasteiger partial charge is 0.276 e. The Morgan fingerprint density at radius 2 is 2.14 bits per heavy atom. The molecule has 2 heterocycles. The molecule has 2 amide bonds. The van der Waals surface area contributed by atoms with Crippen LogP contribution in [0, 0.1) is 11.8 Å². The number of carbonyl (C=O) groups excluding carboxylic acids is 2. The Morgan fingerprint density at radius 1 is 1.29 bits per heavy atom. The second kappa shape index (κ2) is 8.04. The van der Waals surface area contributed by atoms with Gasteiger partial charge in [0.2, 0.25) is 5.91 Å². The molecule has 28 heavy (non-hydrogen) atoms. The molecule has 1 aliphatic carbocycles. The van der Waals surface area contributed by atoms with E-state index in [0.717, 1.165) is 24.9 Å². The molecule has 7 heteroatoms. The van der Waals surface area contributed by atoms with E-state index in [-0.39, 0.29) is 23.4 Å². The zero-order chi connectivity index (χ0) is 19.5. The Labute approximate surface area is 164 Å². The number of hydrogen-bond acceptors (Lipinski definition) is 5. The van der Waals surface area contributed by atoms with E-state index in [4.69, 9.17) is 9.26 Å². The number of nitrogens with one attached hydrogen (secondary N) is 1. The second-order valence-electron chi connectivity index (χ2n) is 7.59. The van der Waals surface area contributed by atoms with Gasteiger partial charge in [-0.2, -0.15) is 0 Å². The van der Waals surface area contributed by atoms with Crippen molar-refractivity contribution in [2.45, 2.75) is 25.7 Å². The number of likely N-dealkylation sites (tertiary alicyclic amines) is 1. The van der Waals surface area contributed by atoms with Crippen LogP contribution in [0.3, 0.4) is 0 Å². The standard InChI is InChI=1S/C21H25N3O4/c1-27-17-6-2-4-15(10-17)19-11-18(23-28-19)21(26)24-9-3-5-16(13-24)20(25)22-12-14-7-8-14/h2,4,6,10-11,14,16H,3,5,7-9,12-13H2,1H3,(H,22,25). The van der Waals surface area contributed by atoms with E-state index >= 15 is 0 Å². The third-order valence-electron chi connectivity index (χ3n) is 5.42. The Hall–Kier alpha value is -2.83. The van der Waals surface area contributed by atoms with Crippen LogP contribution < -0.4 is 10.1 Å². The van der Waals surface area contributed by atoms with Gasteiger partial charge in [-0.25, -0.2) is 0 Å². The van der Waals surface area contributed by atoms with Crippen molar-refractivity contribution >= 4 is 11.8 Å². The summed E-state index contributed by atoms with van der Waals surface area (Å²) in [5.41, 5.74) is 1.05. The van der Waals surface area contributed by atoms with Crippen molar-refractivity contribution in [2.75, 3.05) is 26.7 Å². The molecule has 1 aliphatic heterocycles. The van der Waals surface area contributed by atoms with Gasteiger partial charge in [0, 0.05) is 31.3 Å². The number of methoxy groups -OCH3 is 1. The molecule has 1 aromatic carbocycles. The fraction of sp³-hybridized carbons (Fsp3) is 0.476. The van der Waals surface area contributed by atoms with E-state index < -0.39 is 0 Å². The van der Waals surface area contributed by atoms with Crippen molar-refractivity contribution in [1.82, 2.24) is 15.4 Å². The van der Waals surface area contributed by atoms with Gasteiger partial charge in [-0.15, -0.1) is 0 Å². The van der Waals surface area contributed by atoms with Crippen molar-refractivity contribution in [1.29, 1.82) is 0 Å². The largest absolute Gasteiger partial charge is 0.497 e. The lowest BCUT2D eigenvalue weighted by molar-refractivity contribution is -0.126. The SMILES string of the molecule is COc1cccc(-c2cc(C(=O)N3CCCC(C(=O)NCC4CC4)C3)no2)c1. The van der Waals surface area contributed by atoms with Crippen LogP contribution in [0.4, 0.5) is 0 Å². The Balaban J connectivity index is 1.40. The number of piperidine rings is 1. The van der Waals surface area contributed by atoms with Crippen molar-refractivity contribution in [3.63, 3.8) is 0 Å². The monoisotopic (exact) mass is 383 g/mol. The second-order valence-corrected chi connectivity index (χ2v) is 7.59. The molecule has 1 atom stereocenters. The first-order valence-corrected chi connectivity index (χ1v) is 9.82. The van der Waals surface area contributed by atoms with Crippen LogP contribution in [0.2, 0.25) is 0 Å². The Kier molecular flexibility index (Phi) is 5.32. The number of rotatable bonds is 6. The highest BCUT2D eigenvalue weighted by molar-refractivity contribution is 5.93. The summed E-state index contributed by atoms with van der Waals surface area (Å²) in [7, 11) is 1.60. The summed E-state index contributed by atoms with van der Waals surface area (Å²) in [6.45, 7) is 1.82. The molecular formula is C21H25N3O4. The van der Waals surface area contributed by atoms with Crippen molar-refractivity contribution in [3.8, 4) is 17.1 Å². The first-order chi connectivity index (χ1) is 13.6. The van der Waals surface area contributed by atoms with E-state index in [1.165, 1.54) is 12.8 Å². The summed E-state index contributed by atoms with van der Waals surface area (Å²) in [5, 5.41) is 6.98. The zero-order valence-electron chi connectivity index (χ0n) is 16.0. The highest BCUT2D eigenvalue weighted by Gasteiger charge is 2.31. The molecule has 1 unspecified atom stereocenters. The van der Waals surface area contributed by atoms with Crippen LogP contribution in [0.15, 0.2) is 34.9 Å². The van der Waals surface area contributed by atoms with Crippen molar-refractivity contribution < 1.29 is 18.8 Å². The molecular weight excluding hydrogens is 358 g/mol. The number of amides is 2. The van der Waals surface area contributed by atoms with Crippen LogP contribution in [0.1, 0.15) is 36.2 Å². The summed E-state index contributed by atoms with van der Waals surface area (Å²) in [5.74, 6) is 1.58. The maximum Gasteiger partial charge on any atom is 0.276 e. The van der Waals surface area contributed by atoms with Crippen LogP contribution in [-0.2, 0) is 4.79 Å². The highest BCUT2D eigenvalue weighted by Crippen LogP contribution is 2.28. The first kappa shape index (κ1) is 18.5. The predicted octanol–water partition coefficient (Wildman–Crippen LogP) is 2.73. The van der Waals surface area contributed by atoms with Gasteiger partial charge in [-0.05, 0) is 43.7 Å². The molecule has 7 nitrogen and oxygen atoms in total. The van der Waals surface area contributed by atoms with Crippen LogP contribution >= 0.6 is 0 Å². The van der Waals surface area contributed by atoms with Gasteiger partial charge in [0.25, 0.3) is 5.91 Å². The average molecular weight is 383 g/mol. The molecule has 0 bridgehead atoms. The topological polar surface area (TPSA) is 84.7 Å². The molecule has 1 saturated heterocycles. The first-order valence-electron chi connectivity index (χ1n) is 9.82. The summed E-state index contributed by atoms with van der Waals surface area (Å²) >= 11 is 0. The minimum absolute atomic E-state index is 0.0571. The maximum atomic E-state index is 12.9. The predicted molar refractivity (Wildman–Crippen MR) is 103 cm³/mol. The van der Waals surface area contributed by atoms with Crippen molar-refractivity contribution in [2.24, 2.45) is 11.8 Å². The molecule has 0 radical (unpaired) electrons. The number of nitrogens with zero attached hydrogens (tertiary/aromatic N) is 2. The van der Waals surface area contributed by atoms with E-state index in [1.54, 1.807) is 18.1 Å². The van der Waals surface area contributed by atoms with Gasteiger partial charge in [0.05, 0.1) is 13.0 Å². The van der Waals surface area contributed by atoms with E-state index in [2.05, 4.69) is 10.5 Å². The number of hydrogen-bond donors (Lipinski definition) is 1. The molecule has 1 saturated carbocycles. The number of benzene rings is 1. The Bertz CT molecular complexity index is 859. The molecule has 1 aromatic heterocycles. The molecule has 0 spiro atoms. The molecule has 1 N–H and O–H groups in total. The van der Waals surface area contributed by atoms with Gasteiger partial charge in [-0.3, -0.25) is 9.59 Å². The minimum Gasteiger partial charge on any atom is -0.497 e. The molecule has 4 rings (SSSR count). The fourth-order valence-electron chi connectivity index (χ4n) is 3.54. The lowest BCUT2D eigenvalue weighted by atomic mass is 9.96. The molecule has 2 fully saturated rings. The number of carbonyl (C=O) groups is 2. The zero-order valence-corrected chi connectivity index (χ0v) is 16.0. The van der Waals surface area contributed by atoms with Crippen LogP contribution in [0.25, 0.3) is 11.3 Å². The van der Waals surface area contributed by atoms with Gasteiger partial charge < -0.3 is 19.5 Å². The summed E-state index contributed by atoms with van der Waals surface area (Å²) in [6, 6.07) is 9.05. The van der Waals surface area contributed by atoms with Crippen molar-refractivity contribution in [3.05, 3.63) is 36.0 Å².